The summed E-state index contributed by atoms with van der Waals surface area (Å²) in [5, 5.41) is 9.13. The van der Waals surface area contributed by atoms with Gasteiger partial charge in [0.2, 0.25) is 0 Å². The van der Waals surface area contributed by atoms with Crippen LogP contribution in [-0.2, 0) is 16.2 Å². The Labute approximate surface area is 144 Å². The minimum atomic E-state index is -0.696. The van der Waals surface area contributed by atoms with Crippen molar-refractivity contribution >= 4 is 23.0 Å². The van der Waals surface area contributed by atoms with E-state index in [1.165, 1.54) is 0 Å². The van der Waals surface area contributed by atoms with Crippen LogP contribution >= 0.6 is 0 Å². The number of Topliss-reactive ketones (excluding diaryl/α,β-unsaturated/α-hetero) is 2. The third-order valence-electron chi connectivity index (χ3n) is 4.29. The van der Waals surface area contributed by atoms with Gasteiger partial charge in [0.25, 0.3) is 0 Å². The number of carbonyl (C=O) groups excluding carboxylic acids is 2. The Morgan fingerprint density at radius 1 is 1.17 bits per heavy atom. The van der Waals surface area contributed by atoms with E-state index >= 15 is 0 Å². The van der Waals surface area contributed by atoms with Crippen molar-refractivity contribution in [3.63, 3.8) is 0 Å². The number of aliphatic hydroxyl groups excluding tert-OH is 1. The topological polar surface area (TPSA) is 66.7 Å². The molecule has 0 bridgehead atoms. The van der Waals surface area contributed by atoms with Crippen molar-refractivity contribution in [3.05, 3.63) is 29.8 Å². The number of nitrogens with zero attached hydrogens (tertiary/aromatic N) is 1. The van der Waals surface area contributed by atoms with Crippen molar-refractivity contribution in [1.82, 2.24) is 0 Å². The average molecular weight is 329 g/mol. The zero-order chi connectivity index (χ0) is 17.9. The molecule has 0 radical (unpaired) electrons. The smallest absolute Gasteiger partial charge is 0.149 e. The van der Waals surface area contributed by atoms with Crippen LogP contribution < -0.4 is 0 Å². The first-order valence-electron chi connectivity index (χ1n) is 8.54. The molecule has 1 aliphatic rings. The number of aliphatic hydroxyl groups is 1. The van der Waals surface area contributed by atoms with Crippen molar-refractivity contribution in [2.24, 2.45) is 22.2 Å². The highest BCUT2D eigenvalue weighted by molar-refractivity contribution is 6.22. The first kappa shape index (κ1) is 18.5. The Hall–Kier alpha value is -1.81. The van der Waals surface area contributed by atoms with E-state index in [-0.39, 0.29) is 23.6 Å². The van der Waals surface area contributed by atoms with E-state index in [4.69, 9.17) is 5.11 Å². The van der Waals surface area contributed by atoms with Crippen LogP contribution in [0.3, 0.4) is 0 Å². The van der Waals surface area contributed by atoms with E-state index < -0.39 is 5.92 Å². The molecule has 1 aromatic carbocycles. The number of ketones is 2. The van der Waals surface area contributed by atoms with E-state index in [1.807, 2.05) is 26.0 Å². The van der Waals surface area contributed by atoms with Crippen molar-refractivity contribution in [3.8, 4) is 0 Å². The molecular weight excluding hydrogens is 302 g/mol. The summed E-state index contributed by atoms with van der Waals surface area (Å²) in [6, 6.07) is 7.24. The Morgan fingerprint density at radius 2 is 1.71 bits per heavy atom. The predicted molar refractivity (Wildman–Crippen MR) is 95.4 cm³/mol. The number of carbonyl (C=O) groups is 2. The lowest BCUT2D eigenvalue weighted by molar-refractivity contribution is -0.136. The zero-order valence-electron chi connectivity index (χ0n) is 15.0. The summed E-state index contributed by atoms with van der Waals surface area (Å²) >= 11 is 0. The normalized spacial score (nSPS) is 19.2. The van der Waals surface area contributed by atoms with Gasteiger partial charge in [0.15, 0.2) is 0 Å². The highest BCUT2D eigenvalue weighted by Crippen LogP contribution is 2.35. The molecule has 1 aromatic rings. The molecule has 1 N–H and O–H groups in total. The van der Waals surface area contributed by atoms with Gasteiger partial charge in [0, 0.05) is 18.6 Å². The molecule has 1 aliphatic carbocycles. The molecule has 0 aliphatic heterocycles. The fourth-order valence-corrected chi connectivity index (χ4v) is 3.25. The molecule has 0 heterocycles. The lowest BCUT2D eigenvalue weighted by atomic mass is 9.69. The predicted octanol–water partition coefficient (Wildman–Crippen LogP) is 3.87. The quantitative estimate of drug-likeness (QED) is 0.658. The largest absolute Gasteiger partial charge is 0.392 e. The minimum absolute atomic E-state index is 0.0115. The van der Waals surface area contributed by atoms with Crippen LogP contribution in [0.1, 0.15) is 52.5 Å². The van der Waals surface area contributed by atoms with Crippen LogP contribution in [0.2, 0.25) is 0 Å². The van der Waals surface area contributed by atoms with E-state index in [1.54, 1.807) is 12.1 Å². The summed E-state index contributed by atoms with van der Waals surface area (Å²) in [4.78, 5) is 29.8. The molecule has 24 heavy (non-hydrogen) atoms. The van der Waals surface area contributed by atoms with Gasteiger partial charge in [-0.25, -0.2) is 0 Å². The van der Waals surface area contributed by atoms with Gasteiger partial charge in [-0.2, -0.15) is 0 Å². The van der Waals surface area contributed by atoms with Gasteiger partial charge in [-0.05, 0) is 35.4 Å². The summed E-state index contributed by atoms with van der Waals surface area (Å²) in [7, 11) is 0. The fourth-order valence-electron chi connectivity index (χ4n) is 3.25. The molecule has 0 amide bonds. The van der Waals surface area contributed by atoms with Crippen molar-refractivity contribution in [2.45, 2.75) is 53.6 Å². The minimum Gasteiger partial charge on any atom is -0.392 e. The molecule has 0 unspecified atom stereocenters. The zero-order valence-corrected chi connectivity index (χ0v) is 15.0. The molecule has 0 saturated heterocycles. The molecule has 0 atom stereocenters. The first-order valence-corrected chi connectivity index (χ1v) is 8.54. The Bertz CT molecular complexity index is 621. The fraction of sp³-hybridized carbons (Fsp3) is 0.550. The van der Waals surface area contributed by atoms with E-state index in [0.29, 0.717) is 36.6 Å². The van der Waals surface area contributed by atoms with Crippen LogP contribution in [0.15, 0.2) is 29.3 Å². The summed E-state index contributed by atoms with van der Waals surface area (Å²) in [6.07, 6.45) is 1.47. The number of rotatable bonds is 5. The Balaban J connectivity index is 2.35. The van der Waals surface area contributed by atoms with Gasteiger partial charge < -0.3 is 5.11 Å². The molecule has 1 saturated carbocycles. The third kappa shape index (κ3) is 4.60. The summed E-state index contributed by atoms with van der Waals surface area (Å²) in [5.41, 5.74) is 1.95. The summed E-state index contributed by atoms with van der Waals surface area (Å²) < 4.78 is 0. The van der Waals surface area contributed by atoms with Crippen molar-refractivity contribution in [2.75, 3.05) is 0 Å². The van der Waals surface area contributed by atoms with Crippen LogP contribution in [0.4, 0.5) is 5.69 Å². The third-order valence-corrected chi connectivity index (χ3v) is 4.29. The van der Waals surface area contributed by atoms with Crippen LogP contribution in [0.25, 0.3) is 0 Å². The second-order valence-electron chi connectivity index (χ2n) is 7.91. The highest BCUT2D eigenvalue weighted by atomic mass is 16.3. The van der Waals surface area contributed by atoms with Gasteiger partial charge >= 0.3 is 0 Å². The standard InChI is InChI=1S/C20H27NO3/c1-13(2)9-16(21-15-7-5-14(12-22)6-8-15)19-17(23)10-20(3,4)11-18(19)24/h5-8,13,19,22H,9-12H2,1-4H3. The maximum atomic E-state index is 12.6. The van der Waals surface area contributed by atoms with Crippen LogP contribution in [0.5, 0.6) is 0 Å². The summed E-state index contributed by atoms with van der Waals surface area (Å²) in [6.45, 7) is 8.04. The first-order chi connectivity index (χ1) is 11.2. The average Bonchev–Trinajstić information content (AvgIpc) is 2.45. The van der Waals surface area contributed by atoms with Gasteiger partial charge in [-0.3, -0.25) is 14.6 Å². The second kappa shape index (κ2) is 7.39. The molecule has 0 spiro atoms. The highest BCUT2D eigenvalue weighted by Gasteiger charge is 2.42. The maximum absolute atomic E-state index is 12.6. The lowest BCUT2D eigenvalue weighted by Crippen LogP contribution is -2.42. The molecule has 1 fully saturated rings. The lowest BCUT2D eigenvalue weighted by Gasteiger charge is -2.32. The number of aliphatic imine (C=N–C) groups is 1. The van der Waals surface area contributed by atoms with Crippen molar-refractivity contribution in [1.29, 1.82) is 0 Å². The molecule has 4 heteroatoms. The van der Waals surface area contributed by atoms with Gasteiger partial charge in [0.1, 0.15) is 17.5 Å². The molecule has 4 nitrogen and oxygen atoms in total. The van der Waals surface area contributed by atoms with Crippen LogP contribution in [0, 0.1) is 17.3 Å². The van der Waals surface area contributed by atoms with E-state index in [9.17, 15) is 9.59 Å². The molecule has 0 aromatic heterocycles. The second-order valence-corrected chi connectivity index (χ2v) is 7.91. The van der Waals surface area contributed by atoms with E-state index in [2.05, 4.69) is 18.8 Å². The van der Waals surface area contributed by atoms with Gasteiger partial charge in [0.05, 0.1) is 12.3 Å². The van der Waals surface area contributed by atoms with Gasteiger partial charge in [-0.1, -0.05) is 39.8 Å². The summed E-state index contributed by atoms with van der Waals surface area (Å²) in [5.74, 6) is -0.404. The van der Waals surface area contributed by atoms with Crippen LogP contribution in [-0.4, -0.2) is 22.4 Å². The number of hydrogen-bond donors (Lipinski definition) is 1. The Kier molecular flexibility index (Phi) is 5.70. The number of benzene rings is 1. The molecular formula is C20H27NO3. The SMILES string of the molecule is CC(C)CC(=Nc1ccc(CO)cc1)C1C(=O)CC(C)(C)CC1=O. The number of hydrogen-bond acceptors (Lipinski definition) is 4. The molecule has 130 valence electrons. The van der Waals surface area contributed by atoms with E-state index in [0.717, 1.165) is 5.56 Å². The maximum Gasteiger partial charge on any atom is 0.149 e. The Morgan fingerprint density at radius 3 is 2.17 bits per heavy atom. The molecule has 2 rings (SSSR count). The van der Waals surface area contributed by atoms with Gasteiger partial charge in [-0.15, -0.1) is 0 Å². The monoisotopic (exact) mass is 329 g/mol. The van der Waals surface area contributed by atoms with Crippen molar-refractivity contribution < 1.29 is 14.7 Å².